The molecule has 0 aliphatic heterocycles. The van der Waals surface area contributed by atoms with Crippen LogP contribution in [0.2, 0.25) is 0 Å². The van der Waals surface area contributed by atoms with Crippen LogP contribution in [-0.4, -0.2) is 19.0 Å². The first-order valence-electron chi connectivity index (χ1n) is 7.31. The Labute approximate surface area is 126 Å². The molecule has 0 spiro atoms. The molecule has 21 heavy (non-hydrogen) atoms. The van der Waals surface area contributed by atoms with Gasteiger partial charge in [-0.15, -0.1) is 0 Å². The van der Waals surface area contributed by atoms with E-state index in [1.54, 1.807) is 0 Å². The maximum atomic E-state index is 12.1. The normalized spacial score (nSPS) is 11.7. The van der Waals surface area contributed by atoms with Gasteiger partial charge in [0.2, 0.25) is 0 Å². The molecule has 0 fully saturated rings. The van der Waals surface area contributed by atoms with Gasteiger partial charge in [-0.05, 0) is 49.6 Å². The predicted octanol–water partition coefficient (Wildman–Crippen LogP) is 3.48. The van der Waals surface area contributed by atoms with Gasteiger partial charge in [0, 0.05) is 24.3 Å². The summed E-state index contributed by atoms with van der Waals surface area (Å²) < 4.78 is 0. The van der Waals surface area contributed by atoms with E-state index in [4.69, 9.17) is 0 Å². The van der Waals surface area contributed by atoms with Crippen molar-refractivity contribution in [3.05, 3.63) is 65.7 Å². The molecule has 2 rings (SSSR count). The smallest absolute Gasteiger partial charge is 0.251 e. The number of aryl methyl sites for hydroxylation is 1. The molecule has 0 aliphatic rings. The number of hydrogen-bond donors (Lipinski definition) is 2. The zero-order valence-electron chi connectivity index (χ0n) is 12.6. The molecule has 1 atom stereocenters. The summed E-state index contributed by atoms with van der Waals surface area (Å²) in [6.45, 7) is 2.04. The van der Waals surface area contributed by atoms with Crippen molar-refractivity contribution in [2.24, 2.45) is 0 Å². The molecule has 0 saturated heterocycles. The quantitative estimate of drug-likeness (QED) is 0.851. The van der Waals surface area contributed by atoms with E-state index < -0.39 is 0 Å². The largest absolute Gasteiger partial charge is 0.388 e. The Morgan fingerprint density at radius 1 is 1.05 bits per heavy atom. The van der Waals surface area contributed by atoms with E-state index in [0.717, 1.165) is 18.5 Å². The van der Waals surface area contributed by atoms with Crippen LogP contribution >= 0.6 is 0 Å². The van der Waals surface area contributed by atoms with Crippen molar-refractivity contribution < 1.29 is 4.79 Å². The zero-order chi connectivity index (χ0) is 15.1. The molecule has 0 heterocycles. The minimum atomic E-state index is -0.0155. The lowest BCUT2D eigenvalue weighted by atomic mass is 10.1. The van der Waals surface area contributed by atoms with Crippen LogP contribution in [0, 0.1) is 0 Å². The highest BCUT2D eigenvalue weighted by atomic mass is 16.1. The van der Waals surface area contributed by atoms with Crippen LogP contribution < -0.4 is 10.6 Å². The van der Waals surface area contributed by atoms with E-state index in [-0.39, 0.29) is 11.9 Å². The van der Waals surface area contributed by atoms with Crippen LogP contribution in [0.25, 0.3) is 0 Å². The number of carbonyl (C=O) groups excluding carboxylic acids is 1. The van der Waals surface area contributed by atoms with Gasteiger partial charge in [-0.1, -0.05) is 30.3 Å². The first kappa shape index (κ1) is 15.1. The number of hydrogen-bond acceptors (Lipinski definition) is 2. The van der Waals surface area contributed by atoms with Crippen molar-refractivity contribution in [1.29, 1.82) is 0 Å². The lowest BCUT2D eigenvalue weighted by Gasteiger charge is -2.14. The summed E-state index contributed by atoms with van der Waals surface area (Å²) in [5, 5.41) is 6.09. The minimum Gasteiger partial charge on any atom is -0.388 e. The van der Waals surface area contributed by atoms with Gasteiger partial charge >= 0.3 is 0 Å². The average molecular weight is 282 g/mol. The summed E-state index contributed by atoms with van der Waals surface area (Å²) in [7, 11) is 1.86. The van der Waals surface area contributed by atoms with Gasteiger partial charge in [0.1, 0.15) is 0 Å². The third-order valence-corrected chi connectivity index (χ3v) is 3.52. The first-order chi connectivity index (χ1) is 10.2. The number of carbonyl (C=O) groups is 1. The van der Waals surface area contributed by atoms with E-state index in [0.29, 0.717) is 5.56 Å². The monoisotopic (exact) mass is 282 g/mol. The minimum absolute atomic E-state index is 0.0155. The van der Waals surface area contributed by atoms with Crippen LogP contribution in [0.3, 0.4) is 0 Å². The van der Waals surface area contributed by atoms with Crippen molar-refractivity contribution in [3.8, 4) is 0 Å². The second-order valence-corrected chi connectivity index (χ2v) is 5.23. The van der Waals surface area contributed by atoms with Crippen molar-refractivity contribution in [1.82, 2.24) is 5.32 Å². The van der Waals surface area contributed by atoms with Crippen molar-refractivity contribution in [2.45, 2.75) is 25.8 Å². The van der Waals surface area contributed by atoms with Gasteiger partial charge in [-0.2, -0.15) is 0 Å². The van der Waals surface area contributed by atoms with Gasteiger partial charge in [0.05, 0.1) is 0 Å². The van der Waals surface area contributed by atoms with E-state index in [9.17, 15) is 4.79 Å². The highest BCUT2D eigenvalue weighted by Crippen LogP contribution is 2.09. The number of nitrogens with one attached hydrogen (secondary N) is 2. The molecule has 0 radical (unpaired) electrons. The standard InChI is InChI=1S/C18H22N2O/c1-14(8-9-15-6-4-3-5-7-15)20-18(21)16-10-12-17(19-2)13-11-16/h3-7,10-14,19H,8-9H2,1-2H3,(H,20,21). The Morgan fingerprint density at radius 3 is 2.33 bits per heavy atom. The molecule has 2 aromatic carbocycles. The van der Waals surface area contributed by atoms with Crippen LogP contribution in [-0.2, 0) is 6.42 Å². The maximum absolute atomic E-state index is 12.1. The Balaban J connectivity index is 1.83. The fraction of sp³-hybridized carbons (Fsp3) is 0.278. The molecule has 1 amide bonds. The van der Waals surface area contributed by atoms with E-state index in [1.807, 2.05) is 56.4 Å². The van der Waals surface area contributed by atoms with E-state index in [2.05, 4.69) is 22.8 Å². The molecule has 2 aromatic rings. The van der Waals surface area contributed by atoms with Crippen molar-refractivity contribution in [3.63, 3.8) is 0 Å². The number of anilines is 1. The van der Waals surface area contributed by atoms with Crippen LogP contribution in [0.5, 0.6) is 0 Å². The highest BCUT2D eigenvalue weighted by Gasteiger charge is 2.09. The average Bonchev–Trinajstić information content (AvgIpc) is 2.54. The first-order valence-corrected chi connectivity index (χ1v) is 7.31. The third kappa shape index (κ3) is 4.63. The van der Waals surface area contributed by atoms with Gasteiger partial charge in [-0.25, -0.2) is 0 Å². The number of rotatable bonds is 6. The lowest BCUT2D eigenvalue weighted by molar-refractivity contribution is 0.0938. The van der Waals surface area contributed by atoms with Crippen LogP contribution in [0.4, 0.5) is 5.69 Å². The second-order valence-electron chi connectivity index (χ2n) is 5.23. The Kier molecular flexibility index (Phi) is 5.38. The molecular weight excluding hydrogens is 260 g/mol. The van der Waals surface area contributed by atoms with Crippen molar-refractivity contribution in [2.75, 3.05) is 12.4 Å². The summed E-state index contributed by atoms with van der Waals surface area (Å²) in [5.41, 5.74) is 3.00. The van der Waals surface area contributed by atoms with Gasteiger partial charge in [0.15, 0.2) is 0 Å². The molecule has 0 aliphatic carbocycles. The zero-order valence-corrected chi connectivity index (χ0v) is 12.6. The summed E-state index contributed by atoms with van der Waals surface area (Å²) in [6.07, 6.45) is 1.91. The lowest BCUT2D eigenvalue weighted by Crippen LogP contribution is -2.32. The Hall–Kier alpha value is -2.29. The summed E-state index contributed by atoms with van der Waals surface area (Å²) >= 11 is 0. The van der Waals surface area contributed by atoms with Gasteiger partial charge < -0.3 is 10.6 Å². The molecule has 2 N–H and O–H groups in total. The number of amides is 1. The van der Waals surface area contributed by atoms with Gasteiger partial charge in [0.25, 0.3) is 5.91 Å². The van der Waals surface area contributed by atoms with Crippen LogP contribution in [0.15, 0.2) is 54.6 Å². The maximum Gasteiger partial charge on any atom is 0.251 e. The summed E-state index contributed by atoms with van der Waals surface area (Å²) in [5.74, 6) is -0.0155. The fourth-order valence-electron chi connectivity index (χ4n) is 2.20. The molecule has 3 heteroatoms. The van der Waals surface area contributed by atoms with E-state index in [1.165, 1.54) is 5.56 Å². The SMILES string of the molecule is CNc1ccc(C(=O)NC(C)CCc2ccccc2)cc1. The predicted molar refractivity (Wildman–Crippen MR) is 87.7 cm³/mol. The van der Waals surface area contributed by atoms with Crippen LogP contribution in [0.1, 0.15) is 29.3 Å². The molecule has 1 unspecified atom stereocenters. The third-order valence-electron chi connectivity index (χ3n) is 3.52. The van der Waals surface area contributed by atoms with Crippen molar-refractivity contribution >= 4 is 11.6 Å². The number of benzene rings is 2. The van der Waals surface area contributed by atoms with Gasteiger partial charge in [-0.3, -0.25) is 4.79 Å². The second kappa shape index (κ2) is 7.48. The molecular formula is C18H22N2O. The summed E-state index contributed by atoms with van der Waals surface area (Å²) in [6, 6.07) is 18.0. The van der Waals surface area contributed by atoms with E-state index >= 15 is 0 Å². The summed E-state index contributed by atoms with van der Waals surface area (Å²) in [4.78, 5) is 12.1. The fourth-order valence-corrected chi connectivity index (χ4v) is 2.20. The topological polar surface area (TPSA) is 41.1 Å². The molecule has 3 nitrogen and oxygen atoms in total. The highest BCUT2D eigenvalue weighted by molar-refractivity contribution is 5.94. The Morgan fingerprint density at radius 2 is 1.71 bits per heavy atom. The molecule has 0 saturated carbocycles. The molecule has 0 aromatic heterocycles. The molecule has 0 bridgehead atoms. The molecule has 110 valence electrons. The Bertz CT molecular complexity index is 564.